The molecule has 1 aromatic heterocycles. The molecule has 1 unspecified atom stereocenters. The highest BCUT2D eigenvalue weighted by Crippen LogP contribution is 2.41. The molecule has 32 heavy (non-hydrogen) atoms. The van der Waals surface area contributed by atoms with Gasteiger partial charge < -0.3 is 25.2 Å². The van der Waals surface area contributed by atoms with Gasteiger partial charge in [-0.1, -0.05) is 0 Å². The Morgan fingerprint density at radius 2 is 2.00 bits per heavy atom. The Balaban J connectivity index is 0.000000451. The van der Waals surface area contributed by atoms with Gasteiger partial charge in [0.15, 0.2) is 0 Å². The number of aliphatic carboxylic acids is 1. The van der Waals surface area contributed by atoms with Crippen molar-refractivity contribution in [3.05, 3.63) is 21.8 Å². The number of cyclic esters (lactones) is 1. The van der Waals surface area contributed by atoms with Crippen LogP contribution in [0.15, 0.2) is 10.5 Å². The number of nitrogens with one attached hydrogen (secondary N) is 2. The van der Waals surface area contributed by atoms with Crippen molar-refractivity contribution in [2.45, 2.75) is 38.5 Å². The Bertz CT molecular complexity index is 875. The summed E-state index contributed by atoms with van der Waals surface area (Å²) in [4.78, 5) is 37.9. The number of rotatable bonds is 4. The van der Waals surface area contributed by atoms with E-state index in [1.165, 1.54) is 7.11 Å². The van der Waals surface area contributed by atoms with Crippen LogP contribution in [0.4, 0.5) is 13.2 Å². The van der Waals surface area contributed by atoms with E-state index in [0.29, 0.717) is 12.0 Å². The summed E-state index contributed by atoms with van der Waals surface area (Å²) >= 11 is 3.38. The minimum absolute atomic E-state index is 0.134. The normalized spacial score (nSPS) is 19.6. The number of piperidine rings is 1. The number of alkyl halides is 3. The molecule has 13 heteroatoms. The second-order valence-electron chi connectivity index (χ2n) is 7.39. The molecule has 1 aromatic rings. The van der Waals surface area contributed by atoms with Crippen LogP contribution < -0.4 is 15.4 Å². The summed E-state index contributed by atoms with van der Waals surface area (Å²) in [7, 11) is 1.48. The third-order valence-corrected chi connectivity index (χ3v) is 5.98. The molecular formula is C19H23BrF3N3O6. The van der Waals surface area contributed by atoms with Crippen LogP contribution in [0.1, 0.15) is 35.3 Å². The van der Waals surface area contributed by atoms with Gasteiger partial charge in [-0.2, -0.15) is 13.2 Å². The number of aromatic nitrogens is 1. The summed E-state index contributed by atoms with van der Waals surface area (Å²) in [5, 5.41) is 13.2. The molecule has 3 rings (SSSR count). The van der Waals surface area contributed by atoms with Crippen molar-refractivity contribution in [3.63, 3.8) is 0 Å². The predicted molar refractivity (Wildman–Crippen MR) is 108 cm³/mol. The van der Waals surface area contributed by atoms with Crippen molar-refractivity contribution in [2.24, 2.45) is 5.41 Å². The van der Waals surface area contributed by atoms with Gasteiger partial charge in [-0.25, -0.2) is 9.78 Å². The second kappa shape index (κ2) is 10.5. The number of ether oxygens (including phenoxy) is 2. The molecule has 0 saturated carbocycles. The number of hydrogen-bond acceptors (Lipinski definition) is 7. The Hall–Kier alpha value is -2.41. The molecule has 0 bridgehead atoms. The van der Waals surface area contributed by atoms with E-state index in [1.807, 2.05) is 6.92 Å². The van der Waals surface area contributed by atoms with Crippen LogP contribution in [0.3, 0.4) is 0 Å². The predicted octanol–water partition coefficient (Wildman–Crippen LogP) is 2.21. The smallest absolute Gasteiger partial charge is 0.480 e. The van der Waals surface area contributed by atoms with Gasteiger partial charge in [0, 0.05) is 10.9 Å². The molecule has 1 atom stereocenters. The van der Waals surface area contributed by atoms with E-state index in [4.69, 9.17) is 19.4 Å². The van der Waals surface area contributed by atoms with E-state index in [1.54, 1.807) is 6.07 Å². The van der Waals surface area contributed by atoms with Gasteiger partial charge in [-0.05, 0) is 54.9 Å². The van der Waals surface area contributed by atoms with Gasteiger partial charge >= 0.3 is 18.1 Å². The monoisotopic (exact) mass is 525 g/mol. The maximum absolute atomic E-state index is 12.5. The summed E-state index contributed by atoms with van der Waals surface area (Å²) in [5.74, 6) is -2.91. The molecule has 2 saturated heterocycles. The third-order valence-electron chi connectivity index (χ3n) is 5.17. The molecular weight excluding hydrogens is 503 g/mol. The van der Waals surface area contributed by atoms with Gasteiger partial charge in [0.2, 0.25) is 5.88 Å². The molecule has 0 radical (unpaired) electrons. The van der Waals surface area contributed by atoms with E-state index in [0.717, 1.165) is 36.1 Å². The van der Waals surface area contributed by atoms with Crippen molar-refractivity contribution >= 4 is 33.8 Å². The van der Waals surface area contributed by atoms with Crippen molar-refractivity contribution < 1.29 is 42.1 Å². The number of carbonyl (C=O) groups excluding carboxylic acids is 2. The molecule has 3 heterocycles. The van der Waals surface area contributed by atoms with Crippen LogP contribution in [0.2, 0.25) is 0 Å². The zero-order valence-electron chi connectivity index (χ0n) is 17.3. The second-order valence-corrected chi connectivity index (χ2v) is 8.24. The average Bonchev–Trinajstić information content (AvgIpc) is 3.02. The van der Waals surface area contributed by atoms with Crippen LogP contribution >= 0.6 is 15.9 Å². The van der Waals surface area contributed by atoms with Crippen molar-refractivity contribution in [3.8, 4) is 5.88 Å². The van der Waals surface area contributed by atoms with Crippen LogP contribution in [0.25, 0.3) is 0 Å². The van der Waals surface area contributed by atoms with E-state index in [2.05, 4.69) is 31.5 Å². The first kappa shape index (κ1) is 25.8. The molecule has 0 aromatic carbocycles. The highest BCUT2D eigenvalue weighted by molar-refractivity contribution is 9.10. The van der Waals surface area contributed by atoms with Gasteiger partial charge in [0.05, 0.1) is 24.8 Å². The van der Waals surface area contributed by atoms with Crippen LogP contribution in [0, 0.1) is 12.3 Å². The third kappa shape index (κ3) is 6.31. The number of methoxy groups -OCH3 is 1. The molecule has 9 nitrogen and oxygen atoms in total. The number of nitrogens with zero attached hydrogens (tertiary/aromatic N) is 1. The van der Waals surface area contributed by atoms with Crippen molar-refractivity contribution in [1.82, 2.24) is 15.6 Å². The number of hydrogen-bond donors (Lipinski definition) is 3. The minimum Gasteiger partial charge on any atom is -0.480 e. The number of carboxylic acid groups (broad SMARTS) is 1. The van der Waals surface area contributed by atoms with Crippen molar-refractivity contribution in [2.75, 3.05) is 26.7 Å². The van der Waals surface area contributed by atoms with Crippen LogP contribution in [-0.4, -0.2) is 67.0 Å². The molecule has 1 spiro atoms. The lowest BCUT2D eigenvalue weighted by Gasteiger charge is -2.29. The quantitative estimate of drug-likeness (QED) is 0.510. The van der Waals surface area contributed by atoms with Gasteiger partial charge in [-0.15, -0.1) is 0 Å². The summed E-state index contributed by atoms with van der Waals surface area (Å²) in [5.41, 5.74) is 0.708. The standard InChI is InChI=1S/C17H22BrN3O4.C2HF3O2/c1-10-13(18)7-12(15(21-10)24-2)14(22)20-9-11-8-17(16(23)25-11)3-5-19-6-4-17;3-2(4,5)1(6)7/h7,11,19H,3-6,8-9H2,1-2H3,(H,20,22);(H,6,7). The lowest BCUT2D eigenvalue weighted by molar-refractivity contribution is -0.192. The fraction of sp³-hybridized carbons (Fsp3) is 0.579. The molecule has 178 valence electrons. The summed E-state index contributed by atoms with van der Waals surface area (Å²) < 4.78 is 43.2. The fourth-order valence-corrected chi connectivity index (χ4v) is 3.76. The first-order chi connectivity index (χ1) is 14.9. The fourth-order valence-electron chi connectivity index (χ4n) is 3.44. The zero-order chi connectivity index (χ0) is 24.1. The van der Waals surface area contributed by atoms with Gasteiger partial charge in [0.25, 0.3) is 5.91 Å². The maximum atomic E-state index is 12.5. The van der Waals surface area contributed by atoms with Crippen LogP contribution in [-0.2, 0) is 14.3 Å². The summed E-state index contributed by atoms with van der Waals surface area (Å²) in [6, 6.07) is 1.69. The summed E-state index contributed by atoms with van der Waals surface area (Å²) in [6.07, 6.45) is -3.14. The molecule has 3 N–H and O–H groups in total. The van der Waals surface area contributed by atoms with E-state index in [9.17, 15) is 22.8 Å². The number of halogens is 4. The molecule has 2 fully saturated rings. The Morgan fingerprint density at radius 1 is 1.41 bits per heavy atom. The summed E-state index contributed by atoms with van der Waals surface area (Å²) in [6.45, 7) is 3.77. The maximum Gasteiger partial charge on any atom is 0.490 e. The van der Waals surface area contributed by atoms with E-state index >= 15 is 0 Å². The van der Waals surface area contributed by atoms with Crippen molar-refractivity contribution in [1.29, 1.82) is 0 Å². The Kier molecular flexibility index (Phi) is 8.46. The minimum atomic E-state index is -5.08. The first-order valence-corrected chi connectivity index (χ1v) is 10.4. The molecule has 0 aliphatic carbocycles. The topological polar surface area (TPSA) is 127 Å². The molecule has 2 aliphatic heterocycles. The lowest BCUT2D eigenvalue weighted by atomic mass is 9.76. The highest BCUT2D eigenvalue weighted by Gasteiger charge is 2.49. The number of aryl methyl sites for hydroxylation is 1. The first-order valence-electron chi connectivity index (χ1n) is 9.61. The number of carbonyl (C=O) groups is 3. The number of carboxylic acids is 1. The van der Waals surface area contributed by atoms with Crippen LogP contribution in [0.5, 0.6) is 5.88 Å². The Labute approximate surface area is 190 Å². The largest absolute Gasteiger partial charge is 0.490 e. The molecule has 2 aliphatic rings. The number of amides is 1. The highest BCUT2D eigenvalue weighted by atomic mass is 79.9. The van der Waals surface area contributed by atoms with Gasteiger partial charge in [0.1, 0.15) is 11.7 Å². The van der Waals surface area contributed by atoms with E-state index in [-0.39, 0.29) is 35.8 Å². The molecule has 1 amide bonds. The average molecular weight is 526 g/mol. The van der Waals surface area contributed by atoms with E-state index < -0.39 is 12.1 Å². The number of esters is 1. The van der Waals surface area contributed by atoms with Gasteiger partial charge in [-0.3, -0.25) is 9.59 Å². The number of pyridine rings is 1. The zero-order valence-corrected chi connectivity index (χ0v) is 18.9. The lowest BCUT2D eigenvalue weighted by Crippen LogP contribution is -2.39. The SMILES string of the molecule is COc1nc(C)c(Br)cc1C(=O)NCC1CC2(CCNCC2)C(=O)O1.O=C(O)C(F)(F)F. The Morgan fingerprint density at radius 3 is 2.53 bits per heavy atom.